The number of carbonyl (C=O) groups excluding carboxylic acids is 1. The van der Waals surface area contributed by atoms with Crippen molar-refractivity contribution in [3.05, 3.63) is 44.9 Å². The lowest BCUT2D eigenvalue weighted by Crippen LogP contribution is -2.43. The fraction of sp³-hybridized carbons (Fsp3) is 0.438. The van der Waals surface area contributed by atoms with Crippen LogP contribution >= 0.6 is 0 Å². The fourth-order valence-corrected chi connectivity index (χ4v) is 2.99. The maximum Gasteiger partial charge on any atom is 0.376 e. The summed E-state index contributed by atoms with van der Waals surface area (Å²) in [5, 5.41) is 14.3. The van der Waals surface area contributed by atoms with Crippen LogP contribution in [0, 0.1) is 10.1 Å². The molecule has 0 bridgehead atoms. The zero-order valence-electron chi connectivity index (χ0n) is 14.2. The monoisotopic (exact) mass is 345 g/mol. The highest BCUT2D eigenvalue weighted by Crippen LogP contribution is 2.26. The lowest BCUT2D eigenvalue weighted by atomic mass is 10.1. The highest BCUT2D eigenvalue weighted by Gasteiger charge is 2.37. The summed E-state index contributed by atoms with van der Waals surface area (Å²) in [4.78, 5) is 41.2. The summed E-state index contributed by atoms with van der Waals surface area (Å²) >= 11 is 0. The van der Waals surface area contributed by atoms with Gasteiger partial charge in [-0.1, -0.05) is 6.07 Å². The summed E-state index contributed by atoms with van der Waals surface area (Å²) < 4.78 is 1.13. The molecule has 9 heteroatoms. The van der Waals surface area contributed by atoms with Crippen molar-refractivity contribution >= 4 is 23.1 Å². The summed E-state index contributed by atoms with van der Waals surface area (Å²) in [6.45, 7) is 6.18. The smallest absolute Gasteiger partial charge is 0.359 e. The van der Waals surface area contributed by atoms with E-state index in [-0.39, 0.29) is 29.7 Å². The van der Waals surface area contributed by atoms with Gasteiger partial charge in [-0.05, 0) is 32.9 Å². The third kappa shape index (κ3) is 3.04. The van der Waals surface area contributed by atoms with Crippen molar-refractivity contribution in [1.29, 1.82) is 0 Å². The number of amides is 1. The van der Waals surface area contributed by atoms with E-state index < -0.39 is 16.2 Å². The lowest BCUT2D eigenvalue weighted by Gasteiger charge is -2.32. The molecule has 0 spiro atoms. The average Bonchev–Trinajstić information content (AvgIpc) is 2.88. The highest BCUT2D eigenvalue weighted by molar-refractivity contribution is 5.81. The Morgan fingerprint density at radius 1 is 1.32 bits per heavy atom. The molecule has 1 N–H and O–H groups in total. The first-order valence-electron chi connectivity index (χ1n) is 7.91. The molecule has 1 unspecified atom stereocenters. The number of hydrogen-bond donors (Lipinski definition) is 1. The fourth-order valence-electron chi connectivity index (χ4n) is 2.99. The predicted octanol–water partition coefficient (Wildman–Crippen LogP) is 1.41. The Morgan fingerprint density at radius 3 is 2.64 bits per heavy atom. The van der Waals surface area contributed by atoms with Crippen molar-refractivity contribution in [1.82, 2.24) is 14.3 Å². The van der Waals surface area contributed by atoms with Gasteiger partial charge in [0.15, 0.2) is 0 Å². The molecule has 0 aliphatic carbocycles. The van der Waals surface area contributed by atoms with Crippen LogP contribution in [-0.4, -0.2) is 43.2 Å². The predicted molar refractivity (Wildman–Crippen MR) is 91.6 cm³/mol. The SMILES string of the molecule is CC(C)(C)N1CC(Nc2nc3ccccn3c(=O)c2[N+](=O)[O-])CC1=O. The molecule has 132 valence electrons. The minimum Gasteiger partial charge on any atom is -0.359 e. The first-order valence-corrected chi connectivity index (χ1v) is 7.91. The van der Waals surface area contributed by atoms with Crippen LogP contribution in [0.25, 0.3) is 5.65 Å². The van der Waals surface area contributed by atoms with Crippen molar-refractivity contribution in [3.8, 4) is 0 Å². The van der Waals surface area contributed by atoms with Gasteiger partial charge in [-0.15, -0.1) is 0 Å². The van der Waals surface area contributed by atoms with Gasteiger partial charge in [-0.3, -0.25) is 24.1 Å². The number of hydrogen-bond acceptors (Lipinski definition) is 6. The molecule has 1 fully saturated rings. The van der Waals surface area contributed by atoms with E-state index in [0.717, 1.165) is 4.40 Å². The number of nitrogens with zero attached hydrogens (tertiary/aromatic N) is 4. The molecule has 3 heterocycles. The number of fused-ring (bicyclic) bond motifs is 1. The highest BCUT2D eigenvalue weighted by atomic mass is 16.6. The van der Waals surface area contributed by atoms with Gasteiger partial charge < -0.3 is 10.2 Å². The molecule has 9 nitrogen and oxygen atoms in total. The van der Waals surface area contributed by atoms with Crippen LogP contribution in [0.15, 0.2) is 29.2 Å². The minimum absolute atomic E-state index is 0.0369. The molecule has 1 aliphatic rings. The van der Waals surface area contributed by atoms with Gasteiger partial charge in [0.2, 0.25) is 11.7 Å². The molecule has 0 radical (unpaired) electrons. The van der Waals surface area contributed by atoms with E-state index in [0.29, 0.717) is 12.2 Å². The molecular weight excluding hydrogens is 326 g/mol. The van der Waals surface area contributed by atoms with E-state index >= 15 is 0 Å². The van der Waals surface area contributed by atoms with Gasteiger partial charge in [0.25, 0.3) is 0 Å². The summed E-state index contributed by atoms with van der Waals surface area (Å²) in [7, 11) is 0. The topological polar surface area (TPSA) is 110 Å². The Labute approximate surface area is 143 Å². The number of carbonyl (C=O) groups is 1. The lowest BCUT2D eigenvalue weighted by molar-refractivity contribution is -0.385. The summed E-state index contributed by atoms with van der Waals surface area (Å²) in [6, 6.07) is 4.54. The number of rotatable bonds is 3. The van der Waals surface area contributed by atoms with Crippen molar-refractivity contribution < 1.29 is 9.72 Å². The second-order valence-electron chi connectivity index (χ2n) is 7.02. The van der Waals surface area contributed by atoms with Crippen LogP contribution in [0.1, 0.15) is 27.2 Å². The van der Waals surface area contributed by atoms with Crippen molar-refractivity contribution in [2.45, 2.75) is 38.8 Å². The normalized spacial score (nSPS) is 18.0. The molecule has 1 aliphatic heterocycles. The summed E-state index contributed by atoms with van der Waals surface area (Å²) in [5.74, 6) is -0.139. The van der Waals surface area contributed by atoms with Gasteiger partial charge in [0.1, 0.15) is 5.65 Å². The molecule has 3 rings (SSSR count). The molecular formula is C16H19N5O4. The Bertz CT molecular complexity index is 915. The zero-order chi connectivity index (χ0) is 18.4. The summed E-state index contributed by atoms with van der Waals surface area (Å²) in [6.07, 6.45) is 1.63. The minimum atomic E-state index is -0.755. The molecule has 0 saturated carbocycles. The maximum absolute atomic E-state index is 12.4. The molecule has 25 heavy (non-hydrogen) atoms. The second kappa shape index (κ2) is 5.83. The maximum atomic E-state index is 12.4. The largest absolute Gasteiger partial charge is 0.376 e. The summed E-state index contributed by atoms with van der Waals surface area (Å²) in [5.41, 5.74) is -1.41. The Balaban J connectivity index is 1.99. The number of anilines is 1. The van der Waals surface area contributed by atoms with Gasteiger partial charge >= 0.3 is 11.2 Å². The Kier molecular flexibility index (Phi) is 3.94. The quantitative estimate of drug-likeness (QED) is 0.665. The molecule has 1 amide bonds. The number of nitrogens with one attached hydrogen (secondary N) is 1. The van der Waals surface area contributed by atoms with Crippen LogP contribution in [0.3, 0.4) is 0 Å². The average molecular weight is 345 g/mol. The van der Waals surface area contributed by atoms with Crippen molar-refractivity contribution in [2.75, 3.05) is 11.9 Å². The van der Waals surface area contributed by atoms with Gasteiger partial charge in [-0.2, -0.15) is 0 Å². The van der Waals surface area contributed by atoms with Crippen molar-refractivity contribution in [2.24, 2.45) is 0 Å². The number of nitro groups is 1. The van der Waals surface area contributed by atoms with Gasteiger partial charge in [0.05, 0.1) is 11.0 Å². The van der Waals surface area contributed by atoms with Gasteiger partial charge in [0, 0.05) is 24.7 Å². The van der Waals surface area contributed by atoms with E-state index in [1.807, 2.05) is 20.8 Å². The standard InChI is InChI=1S/C16H19N5O4/c1-16(2,3)20-9-10(8-12(20)22)17-14-13(21(24)25)15(23)19-7-5-4-6-11(19)18-14/h4-7,10,17H,8-9H2,1-3H3. The number of aromatic nitrogens is 2. The zero-order valence-corrected chi connectivity index (χ0v) is 14.2. The van der Waals surface area contributed by atoms with Crippen LogP contribution in [-0.2, 0) is 4.79 Å². The first-order chi connectivity index (χ1) is 11.7. The molecule has 2 aromatic rings. The van der Waals surface area contributed by atoms with Crippen LogP contribution in [0.2, 0.25) is 0 Å². The third-order valence-electron chi connectivity index (χ3n) is 4.17. The van der Waals surface area contributed by atoms with E-state index in [1.54, 1.807) is 23.1 Å². The third-order valence-corrected chi connectivity index (χ3v) is 4.17. The molecule has 1 atom stereocenters. The van der Waals surface area contributed by atoms with Crippen molar-refractivity contribution in [3.63, 3.8) is 0 Å². The van der Waals surface area contributed by atoms with Gasteiger partial charge in [-0.25, -0.2) is 4.98 Å². The van der Waals surface area contributed by atoms with Crippen LogP contribution in [0.4, 0.5) is 11.5 Å². The first kappa shape index (κ1) is 16.9. The van der Waals surface area contributed by atoms with E-state index in [4.69, 9.17) is 0 Å². The number of likely N-dealkylation sites (tertiary alicyclic amines) is 1. The number of pyridine rings is 1. The molecule has 1 saturated heterocycles. The second-order valence-corrected chi connectivity index (χ2v) is 7.02. The van der Waals surface area contributed by atoms with E-state index in [1.165, 1.54) is 6.20 Å². The van der Waals surface area contributed by atoms with Crippen LogP contribution in [0.5, 0.6) is 0 Å². The Morgan fingerprint density at radius 2 is 2.04 bits per heavy atom. The van der Waals surface area contributed by atoms with Crippen LogP contribution < -0.4 is 10.9 Å². The molecule has 0 aromatic carbocycles. The van der Waals surface area contributed by atoms with E-state index in [9.17, 15) is 19.7 Å². The molecule has 2 aromatic heterocycles. The Hall–Kier alpha value is -2.97. The van der Waals surface area contributed by atoms with E-state index in [2.05, 4.69) is 10.3 Å².